The maximum atomic E-state index is 12.1. The Bertz CT molecular complexity index is 463. The lowest BCUT2D eigenvalue weighted by atomic mass is 9.90. The molecule has 0 aromatic heterocycles. The SMILES string of the molecule is CCCC(=NOCC(=O)OCC)C1CCN(C(=O)OC(C)(C)C)CC1. The summed E-state index contributed by atoms with van der Waals surface area (Å²) in [7, 11) is 0. The first-order chi connectivity index (χ1) is 11.8. The molecule has 0 aromatic rings. The molecule has 7 nitrogen and oxygen atoms in total. The van der Waals surface area contributed by atoms with E-state index in [4.69, 9.17) is 14.3 Å². The fraction of sp³-hybridized carbons (Fsp3) is 0.833. The van der Waals surface area contributed by atoms with Gasteiger partial charge in [-0.05, 0) is 47.0 Å². The number of carbonyl (C=O) groups is 2. The van der Waals surface area contributed by atoms with Gasteiger partial charge in [0, 0.05) is 19.0 Å². The standard InChI is InChI=1S/C18H32N2O5/c1-6-8-15(19-24-13-16(21)23-7-2)14-9-11-20(12-10-14)17(22)25-18(3,4)5/h14H,6-13H2,1-5H3. The maximum absolute atomic E-state index is 12.1. The fourth-order valence-electron chi connectivity index (χ4n) is 2.67. The molecule has 0 bridgehead atoms. The van der Waals surface area contributed by atoms with Crippen molar-refractivity contribution in [1.29, 1.82) is 0 Å². The van der Waals surface area contributed by atoms with Crippen LogP contribution in [0.15, 0.2) is 5.16 Å². The maximum Gasteiger partial charge on any atom is 0.410 e. The normalized spacial score (nSPS) is 16.5. The Labute approximate surface area is 150 Å². The summed E-state index contributed by atoms with van der Waals surface area (Å²) in [5.41, 5.74) is 0.472. The second-order valence-electron chi connectivity index (χ2n) is 7.15. The van der Waals surface area contributed by atoms with E-state index in [0.29, 0.717) is 19.7 Å². The number of likely N-dealkylation sites (tertiary alicyclic amines) is 1. The molecule has 1 amide bonds. The van der Waals surface area contributed by atoms with E-state index in [1.54, 1.807) is 11.8 Å². The van der Waals surface area contributed by atoms with Gasteiger partial charge in [0.25, 0.3) is 0 Å². The number of carbonyl (C=O) groups excluding carboxylic acids is 2. The number of ether oxygens (including phenoxy) is 2. The highest BCUT2D eigenvalue weighted by Gasteiger charge is 2.29. The summed E-state index contributed by atoms with van der Waals surface area (Å²) in [6.45, 7) is 10.9. The molecule has 144 valence electrons. The van der Waals surface area contributed by atoms with E-state index in [9.17, 15) is 9.59 Å². The highest BCUT2D eigenvalue weighted by Crippen LogP contribution is 2.23. The predicted molar refractivity (Wildman–Crippen MR) is 95.5 cm³/mol. The number of rotatable bonds is 7. The lowest BCUT2D eigenvalue weighted by molar-refractivity contribution is -0.148. The van der Waals surface area contributed by atoms with Crippen molar-refractivity contribution in [2.45, 2.75) is 65.9 Å². The molecule has 0 spiro atoms. The van der Waals surface area contributed by atoms with Crippen molar-refractivity contribution in [3.8, 4) is 0 Å². The molecule has 0 atom stereocenters. The molecule has 0 radical (unpaired) electrons. The molecule has 0 aromatic carbocycles. The third-order valence-electron chi connectivity index (χ3n) is 3.79. The lowest BCUT2D eigenvalue weighted by Gasteiger charge is -2.33. The number of esters is 1. The molecular weight excluding hydrogens is 324 g/mol. The van der Waals surface area contributed by atoms with Crippen LogP contribution in [0.4, 0.5) is 4.79 Å². The van der Waals surface area contributed by atoms with Gasteiger partial charge in [0.2, 0.25) is 6.61 Å². The van der Waals surface area contributed by atoms with Gasteiger partial charge in [0.05, 0.1) is 12.3 Å². The molecule has 1 aliphatic rings. The van der Waals surface area contributed by atoms with Crippen LogP contribution in [0.5, 0.6) is 0 Å². The molecule has 0 saturated carbocycles. The van der Waals surface area contributed by atoms with E-state index in [2.05, 4.69) is 12.1 Å². The van der Waals surface area contributed by atoms with Gasteiger partial charge >= 0.3 is 12.1 Å². The summed E-state index contributed by atoms with van der Waals surface area (Å²) < 4.78 is 10.2. The number of piperidine rings is 1. The topological polar surface area (TPSA) is 77.4 Å². The Morgan fingerprint density at radius 3 is 2.32 bits per heavy atom. The monoisotopic (exact) mass is 356 g/mol. The molecular formula is C18H32N2O5. The smallest absolute Gasteiger partial charge is 0.410 e. The van der Waals surface area contributed by atoms with Gasteiger partial charge in [-0.2, -0.15) is 0 Å². The van der Waals surface area contributed by atoms with Crippen LogP contribution < -0.4 is 0 Å². The van der Waals surface area contributed by atoms with Crippen LogP contribution in [0.25, 0.3) is 0 Å². The molecule has 1 saturated heterocycles. The van der Waals surface area contributed by atoms with Gasteiger partial charge in [-0.3, -0.25) is 0 Å². The first kappa shape index (κ1) is 21.3. The van der Waals surface area contributed by atoms with E-state index in [0.717, 1.165) is 31.4 Å². The summed E-state index contributed by atoms with van der Waals surface area (Å²) in [6, 6.07) is 0. The van der Waals surface area contributed by atoms with Crippen molar-refractivity contribution in [3.63, 3.8) is 0 Å². The van der Waals surface area contributed by atoms with Crippen molar-refractivity contribution < 1.29 is 23.9 Å². The molecule has 7 heteroatoms. The fourth-order valence-corrected chi connectivity index (χ4v) is 2.67. The predicted octanol–water partition coefficient (Wildman–Crippen LogP) is 3.37. The van der Waals surface area contributed by atoms with E-state index < -0.39 is 11.6 Å². The molecule has 1 rings (SSSR count). The zero-order chi connectivity index (χ0) is 18.9. The first-order valence-electron chi connectivity index (χ1n) is 9.09. The number of hydrogen-bond donors (Lipinski definition) is 0. The van der Waals surface area contributed by atoms with Crippen LogP contribution in [0.1, 0.15) is 60.3 Å². The minimum Gasteiger partial charge on any atom is -0.463 e. The van der Waals surface area contributed by atoms with Crippen LogP contribution in [-0.4, -0.2) is 54.6 Å². The second-order valence-corrected chi connectivity index (χ2v) is 7.15. The Hall–Kier alpha value is -1.79. The first-order valence-corrected chi connectivity index (χ1v) is 9.09. The minimum atomic E-state index is -0.482. The molecule has 0 unspecified atom stereocenters. The lowest BCUT2D eigenvalue weighted by Crippen LogP contribution is -2.43. The number of nitrogens with zero attached hydrogens (tertiary/aromatic N) is 2. The van der Waals surface area contributed by atoms with Crippen molar-refractivity contribution >= 4 is 17.8 Å². The average Bonchev–Trinajstić information content (AvgIpc) is 2.53. The number of oxime groups is 1. The van der Waals surface area contributed by atoms with Gasteiger partial charge in [-0.1, -0.05) is 18.5 Å². The molecule has 0 N–H and O–H groups in total. The van der Waals surface area contributed by atoms with Gasteiger partial charge < -0.3 is 19.2 Å². The van der Waals surface area contributed by atoms with Crippen LogP contribution in [-0.2, 0) is 19.1 Å². The summed E-state index contributed by atoms with van der Waals surface area (Å²) in [6.07, 6.45) is 3.15. The largest absolute Gasteiger partial charge is 0.463 e. The average molecular weight is 356 g/mol. The Kier molecular flexibility index (Phi) is 8.72. The van der Waals surface area contributed by atoms with Gasteiger partial charge in [0.1, 0.15) is 5.60 Å². The molecule has 0 aliphatic carbocycles. The zero-order valence-corrected chi connectivity index (χ0v) is 16.2. The summed E-state index contributed by atoms with van der Waals surface area (Å²) in [5.74, 6) is -0.150. The van der Waals surface area contributed by atoms with Gasteiger partial charge in [0.15, 0.2) is 0 Å². The Morgan fingerprint density at radius 1 is 1.16 bits per heavy atom. The van der Waals surface area contributed by atoms with Crippen molar-refractivity contribution in [1.82, 2.24) is 4.90 Å². The second kappa shape index (κ2) is 10.3. The summed E-state index contributed by atoms with van der Waals surface area (Å²) in [4.78, 5) is 30.3. The number of hydrogen-bond acceptors (Lipinski definition) is 6. The molecule has 1 fully saturated rings. The van der Waals surface area contributed by atoms with E-state index >= 15 is 0 Å². The minimum absolute atomic E-state index is 0.169. The van der Waals surface area contributed by atoms with Crippen molar-refractivity contribution in [3.05, 3.63) is 0 Å². The molecule has 1 heterocycles. The van der Waals surface area contributed by atoms with E-state index in [1.165, 1.54) is 0 Å². The Balaban J connectivity index is 2.52. The van der Waals surface area contributed by atoms with Crippen LogP contribution in [0, 0.1) is 5.92 Å². The third-order valence-corrected chi connectivity index (χ3v) is 3.79. The van der Waals surface area contributed by atoms with Crippen LogP contribution in [0.2, 0.25) is 0 Å². The van der Waals surface area contributed by atoms with E-state index in [1.807, 2.05) is 20.8 Å². The molecule has 25 heavy (non-hydrogen) atoms. The van der Waals surface area contributed by atoms with Crippen molar-refractivity contribution in [2.24, 2.45) is 11.1 Å². The van der Waals surface area contributed by atoms with Crippen molar-refractivity contribution in [2.75, 3.05) is 26.3 Å². The highest BCUT2D eigenvalue weighted by atomic mass is 16.7. The third kappa shape index (κ3) is 8.23. The quantitative estimate of drug-likeness (QED) is 0.397. The summed E-state index contributed by atoms with van der Waals surface area (Å²) in [5, 5.41) is 4.17. The highest BCUT2D eigenvalue weighted by molar-refractivity contribution is 5.86. The summed E-state index contributed by atoms with van der Waals surface area (Å²) >= 11 is 0. The zero-order valence-electron chi connectivity index (χ0n) is 16.2. The molecule has 1 aliphatic heterocycles. The van der Waals surface area contributed by atoms with Crippen LogP contribution in [0.3, 0.4) is 0 Å². The Morgan fingerprint density at radius 2 is 1.80 bits per heavy atom. The van der Waals surface area contributed by atoms with Gasteiger partial charge in [-0.15, -0.1) is 0 Å². The van der Waals surface area contributed by atoms with Gasteiger partial charge in [-0.25, -0.2) is 9.59 Å². The van der Waals surface area contributed by atoms with Crippen LogP contribution >= 0.6 is 0 Å². The van der Waals surface area contributed by atoms with E-state index in [-0.39, 0.29) is 18.6 Å². The number of amides is 1.